The molecule has 5 nitrogen and oxygen atoms in total. The second-order valence-corrected chi connectivity index (χ2v) is 4.84. The molecule has 17 heavy (non-hydrogen) atoms. The zero-order chi connectivity index (χ0) is 12.6. The highest BCUT2D eigenvalue weighted by Crippen LogP contribution is 2.48. The molecular weight excluding hydrogens is 265 g/mol. The van der Waals surface area contributed by atoms with Crippen molar-refractivity contribution < 1.29 is 10.0 Å². The van der Waals surface area contributed by atoms with Crippen LogP contribution in [0.1, 0.15) is 17.9 Å². The van der Waals surface area contributed by atoms with Crippen LogP contribution in [0.3, 0.4) is 0 Å². The fraction of sp³-hybridized carbons (Fsp3) is 0.400. The van der Waals surface area contributed by atoms with E-state index in [0.717, 1.165) is 12.0 Å². The number of primary amides is 1. The Kier molecular flexibility index (Phi) is 3.42. The molecule has 0 radical (unpaired) electrons. The maximum absolute atomic E-state index is 10.7. The van der Waals surface area contributed by atoms with Gasteiger partial charge < -0.3 is 5.73 Å². The van der Waals surface area contributed by atoms with Crippen LogP contribution in [-0.2, 0) is 0 Å². The minimum absolute atomic E-state index is 0.182. The van der Waals surface area contributed by atoms with Gasteiger partial charge in [0.15, 0.2) is 0 Å². The third-order valence-corrected chi connectivity index (χ3v) is 3.18. The van der Waals surface area contributed by atoms with Gasteiger partial charge in [0.1, 0.15) is 10.3 Å². The second-order valence-electron chi connectivity index (χ2n) is 4.07. The van der Waals surface area contributed by atoms with Crippen LogP contribution in [0.4, 0.5) is 4.79 Å². The van der Waals surface area contributed by atoms with E-state index >= 15 is 0 Å². The van der Waals surface area contributed by atoms with Crippen molar-refractivity contribution in [3.05, 3.63) is 28.0 Å². The molecule has 2 unspecified atom stereocenters. The number of nitrogens with two attached hydrogens (primary N) is 1. The SMILES string of the molecule is NC(=O)N(O)CC1CC1c1cc(Cl)nc(Cl)c1. The molecule has 7 heteroatoms. The van der Waals surface area contributed by atoms with Crippen LogP contribution < -0.4 is 5.73 Å². The number of carbonyl (C=O) groups is 1. The number of urea groups is 1. The molecule has 0 saturated heterocycles. The normalized spacial score (nSPS) is 22.3. The quantitative estimate of drug-likeness (QED) is 0.505. The van der Waals surface area contributed by atoms with Crippen molar-refractivity contribution in [1.29, 1.82) is 0 Å². The van der Waals surface area contributed by atoms with Crippen molar-refractivity contribution in [2.24, 2.45) is 11.7 Å². The van der Waals surface area contributed by atoms with Gasteiger partial charge in [-0.2, -0.15) is 0 Å². The Morgan fingerprint density at radius 1 is 1.53 bits per heavy atom. The summed E-state index contributed by atoms with van der Waals surface area (Å²) in [5, 5.41) is 10.4. The summed E-state index contributed by atoms with van der Waals surface area (Å²) >= 11 is 11.6. The third-order valence-electron chi connectivity index (χ3n) is 2.80. The molecule has 0 aliphatic heterocycles. The number of aromatic nitrogens is 1. The molecular formula is C10H11Cl2N3O2. The summed E-state index contributed by atoms with van der Waals surface area (Å²) in [6, 6.07) is 2.63. The zero-order valence-corrected chi connectivity index (χ0v) is 10.3. The summed E-state index contributed by atoms with van der Waals surface area (Å²) in [5.41, 5.74) is 5.90. The van der Waals surface area contributed by atoms with Gasteiger partial charge in [-0.1, -0.05) is 23.2 Å². The molecule has 1 heterocycles. The van der Waals surface area contributed by atoms with Crippen molar-refractivity contribution in [3.63, 3.8) is 0 Å². The van der Waals surface area contributed by atoms with Gasteiger partial charge >= 0.3 is 6.03 Å². The smallest absolute Gasteiger partial charge is 0.338 e. The first-order chi connectivity index (χ1) is 7.97. The molecule has 1 aliphatic rings. The third kappa shape index (κ3) is 3.00. The summed E-state index contributed by atoms with van der Waals surface area (Å²) in [6.07, 6.45) is 0.862. The maximum Gasteiger partial charge on any atom is 0.338 e. The first kappa shape index (κ1) is 12.4. The van der Waals surface area contributed by atoms with E-state index < -0.39 is 6.03 Å². The van der Waals surface area contributed by atoms with Crippen molar-refractivity contribution in [2.75, 3.05) is 6.54 Å². The predicted octanol–water partition coefficient (Wildman–Crippen LogP) is 2.26. The Morgan fingerprint density at radius 3 is 2.65 bits per heavy atom. The number of hydroxylamine groups is 2. The summed E-state index contributed by atoms with van der Waals surface area (Å²) in [6.45, 7) is 0.220. The van der Waals surface area contributed by atoms with Crippen molar-refractivity contribution in [3.8, 4) is 0 Å². The van der Waals surface area contributed by atoms with E-state index in [9.17, 15) is 10.0 Å². The number of amides is 2. The summed E-state index contributed by atoms with van der Waals surface area (Å²) in [4.78, 5) is 14.5. The minimum atomic E-state index is -0.846. The highest BCUT2D eigenvalue weighted by atomic mass is 35.5. The largest absolute Gasteiger partial charge is 0.350 e. The topological polar surface area (TPSA) is 79.5 Å². The van der Waals surface area contributed by atoms with Gasteiger partial charge in [-0.3, -0.25) is 5.21 Å². The van der Waals surface area contributed by atoms with Crippen molar-refractivity contribution in [2.45, 2.75) is 12.3 Å². The molecule has 2 atom stereocenters. The molecule has 1 fully saturated rings. The van der Waals surface area contributed by atoms with E-state index in [1.807, 2.05) is 0 Å². The average molecular weight is 276 g/mol. The van der Waals surface area contributed by atoms with Crippen LogP contribution >= 0.6 is 23.2 Å². The van der Waals surface area contributed by atoms with Crippen LogP contribution in [0.25, 0.3) is 0 Å². The average Bonchev–Trinajstić information content (AvgIpc) is 2.95. The maximum atomic E-state index is 10.7. The molecule has 1 aromatic rings. The molecule has 1 saturated carbocycles. The monoisotopic (exact) mass is 275 g/mol. The van der Waals surface area contributed by atoms with Gasteiger partial charge in [-0.25, -0.2) is 14.8 Å². The van der Waals surface area contributed by atoms with Crippen molar-refractivity contribution >= 4 is 29.2 Å². The predicted molar refractivity (Wildman–Crippen MR) is 63.2 cm³/mol. The van der Waals surface area contributed by atoms with Crippen LogP contribution in [0.2, 0.25) is 10.3 Å². The molecule has 1 aliphatic carbocycles. The highest BCUT2D eigenvalue weighted by molar-refractivity contribution is 6.32. The van der Waals surface area contributed by atoms with Gasteiger partial charge in [-0.05, 0) is 36.0 Å². The Balaban J connectivity index is 2.00. The first-order valence-electron chi connectivity index (χ1n) is 5.06. The number of hydrogen-bond donors (Lipinski definition) is 2. The summed E-state index contributed by atoms with van der Waals surface area (Å²) in [7, 11) is 0. The molecule has 0 aromatic carbocycles. The molecule has 3 N–H and O–H groups in total. The lowest BCUT2D eigenvalue weighted by molar-refractivity contribution is -0.0431. The Labute approximate surface area is 108 Å². The number of rotatable bonds is 3. The Bertz CT molecular complexity index is 435. The van der Waals surface area contributed by atoms with E-state index in [-0.39, 0.29) is 18.4 Å². The zero-order valence-electron chi connectivity index (χ0n) is 8.81. The molecule has 2 rings (SSSR count). The summed E-state index contributed by atoms with van der Waals surface area (Å²) in [5.74, 6) is 0.420. The van der Waals surface area contributed by atoms with Crippen LogP contribution in [-0.4, -0.2) is 27.8 Å². The molecule has 92 valence electrons. The van der Waals surface area contributed by atoms with Crippen molar-refractivity contribution in [1.82, 2.24) is 10.0 Å². The van der Waals surface area contributed by atoms with Gasteiger partial charge in [0, 0.05) is 0 Å². The molecule has 0 bridgehead atoms. The lowest BCUT2D eigenvalue weighted by Gasteiger charge is -2.11. The van der Waals surface area contributed by atoms with Gasteiger partial charge in [0.2, 0.25) is 0 Å². The fourth-order valence-electron chi connectivity index (χ4n) is 1.87. The minimum Gasteiger partial charge on any atom is -0.350 e. The fourth-order valence-corrected chi connectivity index (χ4v) is 2.34. The Hall–Kier alpha value is -1.04. The standard InChI is InChI=1S/C10H11Cl2N3O2/c11-8-2-5(3-9(12)14-8)7-1-6(7)4-15(17)10(13)16/h2-3,6-7,17H,1,4H2,(H2,13,16). The first-order valence-corrected chi connectivity index (χ1v) is 5.82. The summed E-state index contributed by atoms with van der Waals surface area (Å²) < 4.78 is 0. The van der Waals surface area contributed by atoms with E-state index in [4.69, 9.17) is 28.9 Å². The van der Waals surface area contributed by atoms with Crippen LogP contribution in [0, 0.1) is 5.92 Å². The van der Waals surface area contributed by atoms with E-state index in [0.29, 0.717) is 15.4 Å². The lowest BCUT2D eigenvalue weighted by atomic mass is 10.1. The van der Waals surface area contributed by atoms with Gasteiger partial charge in [0.25, 0.3) is 0 Å². The number of halogens is 2. The van der Waals surface area contributed by atoms with E-state index in [1.54, 1.807) is 12.1 Å². The van der Waals surface area contributed by atoms with Gasteiger partial charge in [-0.15, -0.1) is 0 Å². The van der Waals surface area contributed by atoms with E-state index in [1.165, 1.54) is 0 Å². The van der Waals surface area contributed by atoms with E-state index in [2.05, 4.69) is 4.98 Å². The Morgan fingerprint density at radius 2 is 2.12 bits per heavy atom. The molecule has 2 amide bonds. The number of hydrogen-bond acceptors (Lipinski definition) is 3. The van der Waals surface area contributed by atoms with Crippen LogP contribution in [0.5, 0.6) is 0 Å². The number of carbonyl (C=O) groups excluding carboxylic acids is 1. The van der Waals surface area contributed by atoms with Gasteiger partial charge in [0.05, 0.1) is 6.54 Å². The highest BCUT2D eigenvalue weighted by Gasteiger charge is 2.40. The second kappa shape index (κ2) is 4.68. The number of pyridine rings is 1. The molecule has 0 spiro atoms. The molecule has 1 aromatic heterocycles. The number of nitrogens with zero attached hydrogens (tertiary/aromatic N) is 2. The lowest BCUT2D eigenvalue weighted by Crippen LogP contribution is -2.34. The van der Waals surface area contributed by atoms with Crippen LogP contribution in [0.15, 0.2) is 12.1 Å².